The van der Waals surface area contributed by atoms with E-state index in [1.54, 1.807) is 17.7 Å². The molecule has 2 aromatic heterocycles. The van der Waals surface area contributed by atoms with Crippen molar-refractivity contribution in [3.63, 3.8) is 0 Å². The molecule has 22 heavy (non-hydrogen) atoms. The second-order valence-corrected chi connectivity index (χ2v) is 7.20. The third-order valence-electron chi connectivity index (χ3n) is 4.36. The fraction of sp³-hybridized carbons (Fsp3) is 0.625. The normalized spacial score (nSPS) is 18.7. The number of β-amino-alcohol motifs (C(OH)–C–C–N with tert-alkyl or cyclic N) is 1. The van der Waals surface area contributed by atoms with Crippen LogP contribution in [-0.4, -0.2) is 59.3 Å². The highest BCUT2D eigenvalue weighted by Crippen LogP contribution is 2.27. The number of aliphatic hydroxyl groups excluding tert-OH is 1. The zero-order chi connectivity index (χ0) is 15.5. The van der Waals surface area contributed by atoms with E-state index in [1.807, 2.05) is 6.92 Å². The Morgan fingerprint density at radius 1 is 1.41 bits per heavy atom. The molecule has 1 saturated heterocycles. The number of aliphatic hydroxyl groups is 1. The van der Waals surface area contributed by atoms with Gasteiger partial charge in [-0.3, -0.25) is 0 Å². The van der Waals surface area contributed by atoms with Gasteiger partial charge in [0, 0.05) is 20.1 Å². The summed E-state index contributed by atoms with van der Waals surface area (Å²) in [5.74, 6) is 1.73. The van der Waals surface area contributed by atoms with E-state index in [0.29, 0.717) is 5.92 Å². The van der Waals surface area contributed by atoms with Gasteiger partial charge in [-0.25, -0.2) is 9.97 Å². The van der Waals surface area contributed by atoms with E-state index < -0.39 is 0 Å². The van der Waals surface area contributed by atoms with Crippen LogP contribution < -0.4 is 4.90 Å². The highest BCUT2D eigenvalue weighted by atomic mass is 32.1. The number of thiophene rings is 1. The molecular formula is C16H24N4OS. The lowest BCUT2D eigenvalue weighted by Crippen LogP contribution is -2.40. The second kappa shape index (κ2) is 6.89. The molecule has 0 aromatic carbocycles. The molecule has 1 unspecified atom stereocenters. The predicted octanol–water partition coefficient (Wildman–Crippen LogP) is 2.22. The Morgan fingerprint density at radius 2 is 2.18 bits per heavy atom. The first-order valence-corrected chi connectivity index (χ1v) is 8.81. The van der Waals surface area contributed by atoms with E-state index in [-0.39, 0.29) is 6.10 Å². The third-order valence-corrected chi connectivity index (χ3v) is 5.18. The van der Waals surface area contributed by atoms with Crippen LogP contribution in [0.1, 0.15) is 19.8 Å². The summed E-state index contributed by atoms with van der Waals surface area (Å²) in [6, 6.07) is 2.11. The van der Waals surface area contributed by atoms with Crippen molar-refractivity contribution >= 4 is 27.4 Å². The van der Waals surface area contributed by atoms with E-state index in [4.69, 9.17) is 0 Å². The number of hydrogen-bond acceptors (Lipinski definition) is 6. The van der Waals surface area contributed by atoms with Gasteiger partial charge in [-0.1, -0.05) is 0 Å². The molecule has 0 aliphatic carbocycles. The van der Waals surface area contributed by atoms with Crippen molar-refractivity contribution in [2.24, 2.45) is 5.92 Å². The van der Waals surface area contributed by atoms with Gasteiger partial charge in [-0.15, -0.1) is 11.3 Å². The molecule has 0 amide bonds. The van der Waals surface area contributed by atoms with Crippen LogP contribution in [0, 0.1) is 5.92 Å². The van der Waals surface area contributed by atoms with Crippen LogP contribution in [0.5, 0.6) is 0 Å². The lowest BCUT2D eigenvalue weighted by atomic mass is 9.96. The van der Waals surface area contributed by atoms with Crippen LogP contribution in [0.2, 0.25) is 0 Å². The van der Waals surface area contributed by atoms with Crippen molar-refractivity contribution in [2.75, 3.05) is 38.1 Å². The molecule has 2 aromatic rings. The van der Waals surface area contributed by atoms with Crippen LogP contribution in [0.3, 0.4) is 0 Å². The Kier molecular flexibility index (Phi) is 4.90. The van der Waals surface area contributed by atoms with Crippen molar-refractivity contribution in [3.05, 3.63) is 17.8 Å². The maximum absolute atomic E-state index is 9.48. The Morgan fingerprint density at radius 3 is 2.91 bits per heavy atom. The molecule has 0 bridgehead atoms. The van der Waals surface area contributed by atoms with Gasteiger partial charge in [0.15, 0.2) is 0 Å². The number of anilines is 1. The van der Waals surface area contributed by atoms with E-state index in [9.17, 15) is 5.11 Å². The van der Waals surface area contributed by atoms with E-state index in [1.165, 1.54) is 12.8 Å². The Balaban J connectivity index is 1.59. The van der Waals surface area contributed by atoms with Crippen LogP contribution in [0.25, 0.3) is 10.2 Å². The molecular weight excluding hydrogens is 296 g/mol. The van der Waals surface area contributed by atoms with E-state index in [2.05, 4.69) is 38.3 Å². The van der Waals surface area contributed by atoms with Crippen LogP contribution in [0.4, 0.5) is 5.82 Å². The van der Waals surface area contributed by atoms with Crippen LogP contribution in [0.15, 0.2) is 17.8 Å². The van der Waals surface area contributed by atoms with Crippen molar-refractivity contribution in [1.29, 1.82) is 0 Å². The summed E-state index contributed by atoms with van der Waals surface area (Å²) in [6.07, 6.45) is 3.81. The smallest absolute Gasteiger partial charge is 0.140 e. The monoisotopic (exact) mass is 320 g/mol. The minimum absolute atomic E-state index is 0.230. The molecule has 120 valence electrons. The number of hydrogen-bond donors (Lipinski definition) is 1. The summed E-state index contributed by atoms with van der Waals surface area (Å²) in [4.78, 5) is 14.5. The van der Waals surface area contributed by atoms with E-state index in [0.717, 1.165) is 42.2 Å². The summed E-state index contributed by atoms with van der Waals surface area (Å²) < 4.78 is 0. The predicted molar refractivity (Wildman–Crippen MR) is 91.5 cm³/mol. The van der Waals surface area contributed by atoms with Crippen molar-refractivity contribution < 1.29 is 5.11 Å². The fourth-order valence-electron chi connectivity index (χ4n) is 3.28. The molecule has 0 radical (unpaired) electrons. The summed E-state index contributed by atoms with van der Waals surface area (Å²) >= 11 is 1.66. The summed E-state index contributed by atoms with van der Waals surface area (Å²) in [6.45, 7) is 5.86. The molecule has 6 heteroatoms. The maximum Gasteiger partial charge on any atom is 0.140 e. The van der Waals surface area contributed by atoms with Crippen molar-refractivity contribution in [1.82, 2.24) is 14.9 Å². The van der Waals surface area contributed by atoms with Gasteiger partial charge < -0.3 is 14.9 Å². The zero-order valence-electron chi connectivity index (χ0n) is 13.3. The number of fused-ring (bicyclic) bond motifs is 1. The first kappa shape index (κ1) is 15.6. The van der Waals surface area contributed by atoms with Crippen molar-refractivity contribution in [2.45, 2.75) is 25.9 Å². The van der Waals surface area contributed by atoms with Gasteiger partial charge in [0.05, 0.1) is 11.5 Å². The van der Waals surface area contributed by atoms with Gasteiger partial charge in [0.1, 0.15) is 17.0 Å². The summed E-state index contributed by atoms with van der Waals surface area (Å²) in [5, 5.41) is 12.7. The van der Waals surface area contributed by atoms with Gasteiger partial charge in [-0.2, -0.15) is 0 Å². The number of rotatable bonds is 5. The lowest BCUT2D eigenvalue weighted by molar-refractivity contribution is 0.101. The molecule has 1 atom stereocenters. The van der Waals surface area contributed by atoms with Crippen LogP contribution >= 0.6 is 11.3 Å². The molecule has 1 fully saturated rings. The molecule has 0 saturated carbocycles. The Hall–Kier alpha value is -1.24. The lowest BCUT2D eigenvalue weighted by Gasteiger charge is -2.34. The van der Waals surface area contributed by atoms with Gasteiger partial charge in [-0.05, 0) is 50.2 Å². The molecule has 1 aliphatic heterocycles. The molecule has 1 aliphatic rings. The molecule has 0 spiro atoms. The van der Waals surface area contributed by atoms with Crippen LogP contribution in [-0.2, 0) is 0 Å². The SMILES string of the molecule is CC(O)CN1CCC(CN(C)c2ncnc3sccc23)CC1. The average molecular weight is 320 g/mol. The van der Waals surface area contributed by atoms with Crippen molar-refractivity contribution in [3.8, 4) is 0 Å². The van der Waals surface area contributed by atoms with Gasteiger partial charge >= 0.3 is 0 Å². The number of aromatic nitrogens is 2. The van der Waals surface area contributed by atoms with E-state index >= 15 is 0 Å². The van der Waals surface area contributed by atoms with Gasteiger partial charge in [0.2, 0.25) is 0 Å². The Bertz CT molecular complexity index is 607. The molecule has 1 N–H and O–H groups in total. The Labute approximate surface area is 135 Å². The second-order valence-electron chi connectivity index (χ2n) is 6.31. The highest BCUT2D eigenvalue weighted by molar-refractivity contribution is 7.16. The largest absolute Gasteiger partial charge is 0.392 e. The first-order valence-electron chi connectivity index (χ1n) is 7.93. The first-order chi connectivity index (χ1) is 10.6. The fourth-order valence-corrected chi connectivity index (χ4v) is 4.01. The number of likely N-dealkylation sites (tertiary alicyclic amines) is 1. The standard InChI is InChI=1S/C16H24N4OS/c1-12(21)9-20-6-3-13(4-7-20)10-19(2)15-14-5-8-22-16(14)18-11-17-15/h5,8,11-13,21H,3-4,6-7,9-10H2,1-2H3. The number of piperidine rings is 1. The summed E-state index contributed by atoms with van der Waals surface area (Å²) in [5.41, 5.74) is 0. The average Bonchev–Trinajstić information content (AvgIpc) is 2.97. The maximum atomic E-state index is 9.48. The highest BCUT2D eigenvalue weighted by Gasteiger charge is 2.22. The third kappa shape index (κ3) is 3.56. The quantitative estimate of drug-likeness (QED) is 0.915. The minimum Gasteiger partial charge on any atom is -0.392 e. The molecule has 3 rings (SSSR count). The molecule has 3 heterocycles. The van der Waals surface area contributed by atoms with Gasteiger partial charge in [0.25, 0.3) is 0 Å². The zero-order valence-corrected chi connectivity index (χ0v) is 14.1. The number of nitrogens with zero attached hydrogens (tertiary/aromatic N) is 4. The summed E-state index contributed by atoms with van der Waals surface area (Å²) in [7, 11) is 2.13. The molecule has 5 nitrogen and oxygen atoms in total. The minimum atomic E-state index is -0.230. The topological polar surface area (TPSA) is 52.5 Å².